The van der Waals surface area contributed by atoms with Crippen LogP contribution >= 0.6 is 0 Å². The fraction of sp³-hybridized carbons (Fsp3) is 0.341. The second-order valence-electron chi connectivity index (χ2n) is 12.4. The molecule has 3 aromatic carbocycles. The molecular formula is C41H44N4O9. The van der Waals surface area contributed by atoms with Gasteiger partial charge in [0.25, 0.3) is 0 Å². The van der Waals surface area contributed by atoms with Crippen molar-refractivity contribution in [1.29, 1.82) is 0 Å². The molecule has 2 amide bonds. The second kappa shape index (κ2) is 20.2. The van der Waals surface area contributed by atoms with Gasteiger partial charge in [-0.15, -0.1) is 0 Å². The van der Waals surface area contributed by atoms with E-state index in [2.05, 4.69) is 29.0 Å². The molecule has 5 N–H and O–H groups in total. The fourth-order valence-electron chi connectivity index (χ4n) is 5.87. The predicted molar refractivity (Wildman–Crippen MR) is 198 cm³/mol. The highest BCUT2D eigenvalue weighted by atomic mass is 16.5. The lowest BCUT2D eigenvalue weighted by molar-refractivity contribution is -0.150. The first-order valence-electron chi connectivity index (χ1n) is 17.3. The number of rotatable bonds is 12. The van der Waals surface area contributed by atoms with Crippen molar-refractivity contribution in [2.75, 3.05) is 34.0 Å². The van der Waals surface area contributed by atoms with E-state index < -0.39 is 36.1 Å². The monoisotopic (exact) mass is 736 g/mol. The zero-order valence-electron chi connectivity index (χ0n) is 30.6. The summed E-state index contributed by atoms with van der Waals surface area (Å²) < 4.78 is 20.3. The quantitative estimate of drug-likeness (QED) is 0.141. The van der Waals surface area contributed by atoms with Crippen molar-refractivity contribution in [3.8, 4) is 23.7 Å². The van der Waals surface area contributed by atoms with E-state index in [0.717, 1.165) is 22.3 Å². The first-order valence-corrected chi connectivity index (χ1v) is 17.3. The molecule has 2 unspecified atom stereocenters. The van der Waals surface area contributed by atoms with Crippen LogP contribution in [0.5, 0.6) is 0 Å². The van der Waals surface area contributed by atoms with E-state index in [4.69, 9.17) is 30.4 Å². The third-order valence-electron chi connectivity index (χ3n) is 8.70. The maximum Gasteiger partial charge on any atom is 0.408 e. The van der Waals surface area contributed by atoms with Crippen molar-refractivity contribution in [3.05, 3.63) is 105 Å². The molecule has 0 bridgehead atoms. The molecule has 1 heterocycles. The standard InChI is InChI=1S/C41H44N4O9/c1-27-32(12-6-16-53-38(47)20-29-9-5-11-31(19-29)25-43)21-34(39(48)51-2)22-33(27)13-7-17-54-41(50)44-35-23-36(40(49)52-3)45(26-35)37(46)15-14-28-8-4-10-30(18-28)24-42/h4-5,8-11,18-19,21-22,35-36H,14-17,20,23-26,42-43H2,1-3H3,(H,44,50). The van der Waals surface area contributed by atoms with Crippen LogP contribution in [0.3, 0.4) is 0 Å². The number of alkyl carbamates (subject to hydrolysis) is 1. The second-order valence-corrected chi connectivity index (χ2v) is 12.4. The maximum atomic E-state index is 13.2. The highest BCUT2D eigenvalue weighted by Crippen LogP contribution is 2.22. The molecule has 13 nitrogen and oxygen atoms in total. The van der Waals surface area contributed by atoms with Crippen molar-refractivity contribution in [2.24, 2.45) is 11.5 Å². The van der Waals surface area contributed by atoms with Gasteiger partial charge in [0.1, 0.15) is 6.04 Å². The van der Waals surface area contributed by atoms with E-state index in [1.54, 1.807) is 19.1 Å². The Balaban J connectivity index is 1.33. The smallest absolute Gasteiger partial charge is 0.408 e. The molecule has 0 spiro atoms. The topological polar surface area (TPSA) is 190 Å². The van der Waals surface area contributed by atoms with Gasteiger partial charge in [-0.2, -0.15) is 0 Å². The van der Waals surface area contributed by atoms with Gasteiger partial charge in [-0.1, -0.05) is 72.2 Å². The van der Waals surface area contributed by atoms with Crippen LogP contribution in [0.4, 0.5) is 4.79 Å². The first-order chi connectivity index (χ1) is 26.0. The number of methoxy groups -OCH3 is 2. The number of nitrogens with zero attached hydrogens (tertiary/aromatic N) is 1. The Kier molecular flexibility index (Phi) is 15.2. The van der Waals surface area contributed by atoms with E-state index in [1.807, 2.05) is 48.5 Å². The summed E-state index contributed by atoms with van der Waals surface area (Å²) in [5, 5.41) is 2.70. The number of nitrogens with two attached hydrogens (primary N) is 2. The van der Waals surface area contributed by atoms with Gasteiger partial charge in [-0.3, -0.25) is 9.59 Å². The number of aryl methyl sites for hydroxylation is 1. The largest absolute Gasteiger partial charge is 0.467 e. The lowest BCUT2D eigenvalue weighted by Gasteiger charge is -2.22. The van der Waals surface area contributed by atoms with E-state index in [9.17, 15) is 24.0 Å². The van der Waals surface area contributed by atoms with Crippen molar-refractivity contribution < 1.29 is 42.9 Å². The fourth-order valence-corrected chi connectivity index (χ4v) is 5.87. The molecule has 0 radical (unpaired) electrons. The molecule has 1 aliphatic heterocycles. The predicted octanol–water partition coefficient (Wildman–Crippen LogP) is 2.69. The molecule has 282 valence electrons. The van der Waals surface area contributed by atoms with Crippen LogP contribution in [0.1, 0.15) is 62.1 Å². The van der Waals surface area contributed by atoms with Gasteiger partial charge < -0.3 is 40.6 Å². The average molecular weight is 737 g/mol. The number of amides is 2. The van der Waals surface area contributed by atoms with Gasteiger partial charge in [0.05, 0.1) is 32.2 Å². The van der Waals surface area contributed by atoms with E-state index in [-0.39, 0.29) is 50.5 Å². The normalized spacial score (nSPS) is 14.4. The molecule has 13 heteroatoms. The molecule has 54 heavy (non-hydrogen) atoms. The van der Waals surface area contributed by atoms with Crippen LogP contribution in [0.2, 0.25) is 0 Å². The summed E-state index contributed by atoms with van der Waals surface area (Å²) in [7, 11) is 2.50. The number of hydrogen-bond acceptors (Lipinski definition) is 11. The highest BCUT2D eigenvalue weighted by molar-refractivity contribution is 5.90. The SMILES string of the molecule is COC(=O)c1cc(C#CCOC(=O)Cc2cccc(CN)c2)c(C)c(C#CCOC(=O)NC2CC(C(=O)OC)N(C(=O)CCc3cccc(CN)c3)C2)c1. The number of likely N-dealkylation sites (tertiary alicyclic amines) is 1. The molecule has 1 saturated heterocycles. The summed E-state index contributed by atoms with van der Waals surface area (Å²) in [5.41, 5.74) is 16.8. The molecular weight excluding hydrogens is 692 g/mol. The lowest BCUT2D eigenvalue weighted by Crippen LogP contribution is -2.42. The molecule has 1 fully saturated rings. The number of benzene rings is 3. The summed E-state index contributed by atoms with van der Waals surface area (Å²) in [4.78, 5) is 64.5. The zero-order chi connectivity index (χ0) is 39.0. The highest BCUT2D eigenvalue weighted by Gasteiger charge is 2.40. The Labute approximate surface area is 314 Å². The van der Waals surface area contributed by atoms with Gasteiger partial charge in [-0.25, -0.2) is 14.4 Å². The Morgan fingerprint density at radius 3 is 2.02 bits per heavy atom. The van der Waals surface area contributed by atoms with Crippen LogP contribution < -0.4 is 16.8 Å². The molecule has 0 aromatic heterocycles. The molecule has 0 aliphatic carbocycles. The van der Waals surface area contributed by atoms with Crippen molar-refractivity contribution in [3.63, 3.8) is 0 Å². The minimum Gasteiger partial charge on any atom is -0.467 e. The summed E-state index contributed by atoms with van der Waals surface area (Å²) in [6.07, 6.45) is 0.0849. The Hall–Kier alpha value is -6.15. The first kappa shape index (κ1) is 40.6. The average Bonchev–Trinajstić information content (AvgIpc) is 3.61. The third-order valence-corrected chi connectivity index (χ3v) is 8.70. The molecule has 4 rings (SSSR count). The zero-order valence-corrected chi connectivity index (χ0v) is 30.6. The van der Waals surface area contributed by atoms with Gasteiger partial charge in [0, 0.05) is 43.6 Å². The van der Waals surface area contributed by atoms with Gasteiger partial charge in [-0.05, 0) is 53.3 Å². The Morgan fingerprint density at radius 2 is 1.41 bits per heavy atom. The minimum atomic E-state index is -0.850. The van der Waals surface area contributed by atoms with Gasteiger partial charge >= 0.3 is 24.0 Å². The minimum absolute atomic E-state index is 0.0744. The van der Waals surface area contributed by atoms with Crippen LogP contribution in [-0.2, 0) is 59.3 Å². The van der Waals surface area contributed by atoms with Crippen LogP contribution in [0.25, 0.3) is 0 Å². The van der Waals surface area contributed by atoms with Crippen LogP contribution in [-0.4, -0.2) is 80.9 Å². The summed E-state index contributed by atoms with van der Waals surface area (Å²) in [5.74, 6) is 9.54. The lowest BCUT2D eigenvalue weighted by atomic mass is 9.99. The maximum absolute atomic E-state index is 13.2. The van der Waals surface area contributed by atoms with Crippen molar-refractivity contribution >= 4 is 29.9 Å². The third kappa shape index (κ3) is 11.7. The number of hydrogen-bond donors (Lipinski definition) is 3. The molecule has 1 aliphatic rings. The number of carbonyl (C=O) groups is 5. The molecule has 3 aromatic rings. The van der Waals surface area contributed by atoms with E-state index in [1.165, 1.54) is 19.1 Å². The van der Waals surface area contributed by atoms with E-state index >= 15 is 0 Å². The van der Waals surface area contributed by atoms with Gasteiger partial charge in [0.2, 0.25) is 5.91 Å². The number of ether oxygens (including phenoxy) is 4. The summed E-state index contributed by atoms with van der Waals surface area (Å²) >= 11 is 0. The van der Waals surface area contributed by atoms with E-state index in [0.29, 0.717) is 36.2 Å². The van der Waals surface area contributed by atoms with Crippen LogP contribution in [0, 0.1) is 30.6 Å². The number of esters is 3. The summed E-state index contributed by atoms with van der Waals surface area (Å²) in [6.45, 7) is 2.16. The Bertz CT molecular complexity index is 1990. The summed E-state index contributed by atoms with van der Waals surface area (Å²) in [6, 6.07) is 16.7. The number of carbonyl (C=O) groups excluding carboxylic acids is 5. The number of nitrogens with one attached hydrogen (secondary N) is 1. The Morgan fingerprint density at radius 1 is 0.815 bits per heavy atom. The molecule has 0 saturated carbocycles. The van der Waals surface area contributed by atoms with Gasteiger partial charge in [0.15, 0.2) is 13.2 Å². The molecule has 2 atom stereocenters. The van der Waals surface area contributed by atoms with Crippen molar-refractivity contribution in [1.82, 2.24) is 10.2 Å². The van der Waals surface area contributed by atoms with Crippen LogP contribution in [0.15, 0.2) is 60.7 Å². The van der Waals surface area contributed by atoms with Crippen molar-refractivity contribution in [2.45, 2.75) is 57.8 Å².